The van der Waals surface area contributed by atoms with Crippen LogP contribution in [0.5, 0.6) is 5.75 Å². The maximum Gasteiger partial charge on any atom is 0.342 e. The molecule has 0 amide bonds. The molecule has 3 aromatic carbocycles. The van der Waals surface area contributed by atoms with Crippen LogP contribution < -0.4 is 4.74 Å². The lowest BCUT2D eigenvalue weighted by atomic mass is 10.2. The highest BCUT2D eigenvalue weighted by molar-refractivity contribution is 8.04. The van der Waals surface area contributed by atoms with Gasteiger partial charge < -0.3 is 14.8 Å². The van der Waals surface area contributed by atoms with Crippen molar-refractivity contribution in [2.24, 2.45) is 0 Å². The zero-order chi connectivity index (χ0) is 20.9. The van der Waals surface area contributed by atoms with E-state index in [-0.39, 0.29) is 10.7 Å². The minimum absolute atomic E-state index is 0.147. The lowest BCUT2D eigenvalue weighted by molar-refractivity contribution is -0.131. The van der Waals surface area contributed by atoms with Crippen LogP contribution in [0.15, 0.2) is 82.9 Å². The zero-order valence-electron chi connectivity index (χ0n) is 15.7. The first-order valence-corrected chi connectivity index (χ1v) is 9.93. The summed E-state index contributed by atoms with van der Waals surface area (Å²) in [6.07, 6.45) is 1.59. The van der Waals surface area contributed by atoms with E-state index in [0.29, 0.717) is 17.5 Å². The van der Waals surface area contributed by atoms with Gasteiger partial charge in [0.25, 0.3) is 0 Å². The lowest BCUT2D eigenvalue weighted by Gasteiger charge is -2.07. The number of carboxylic acid groups (broad SMARTS) is 1. The lowest BCUT2D eigenvalue weighted by Crippen LogP contribution is -1.97. The van der Waals surface area contributed by atoms with Crippen molar-refractivity contribution in [2.75, 3.05) is 0 Å². The van der Waals surface area contributed by atoms with Crippen LogP contribution in [-0.2, 0) is 11.4 Å². The average molecular weight is 420 g/mol. The van der Waals surface area contributed by atoms with Crippen molar-refractivity contribution in [3.05, 3.63) is 94.6 Å². The number of imidazole rings is 1. The van der Waals surface area contributed by atoms with Crippen molar-refractivity contribution >= 4 is 34.8 Å². The molecule has 5 nitrogen and oxygen atoms in total. The van der Waals surface area contributed by atoms with E-state index in [0.717, 1.165) is 33.9 Å². The van der Waals surface area contributed by atoms with Gasteiger partial charge >= 0.3 is 5.97 Å². The molecule has 150 valence electrons. The van der Waals surface area contributed by atoms with Gasteiger partial charge in [-0.2, -0.15) is 0 Å². The van der Waals surface area contributed by atoms with Crippen LogP contribution >= 0.6 is 11.8 Å². The molecule has 0 radical (unpaired) electrons. The van der Waals surface area contributed by atoms with Crippen LogP contribution in [0.25, 0.3) is 17.1 Å². The van der Waals surface area contributed by atoms with Crippen molar-refractivity contribution in [1.29, 1.82) is 0 Å². The van der Waals surface area contributed by atoms with E-state index in [1.165, 1.54) is 12.1 Å². The number of carbonyl (C=O) groups is 1. The molecule has 2 N–H and O–H groups in total. The molecule has 0 saturated heterocycles. The van der Waals surface area contributed by atoms with Crippen LogP contribution in [0, 0.1) is 5.82 Å². The van der Waals surface area contributed by atoms with E-state index in [9.17, 15) is 14.3 Å². The van der Waals surface area contributed by atoms with Gasteiger partial charge in [-0.05, 0) is 65.4 Å². The number of hydrogen-bond acceptors (Lipinski definition) is 4. The standard InChI is InChI=1S/C23H17FN2O3S/c24-17-9-5-16(6-10-17)14-29-18-11-7-15(8-12-18)13-21(22(27)28)30-23-25-19-3-1-2-4-20(19)26-23/h1-13H,14H2,(H,25,26)(H,27,28)/b21-13-. The average Bonchev–Trinajstić information content (AvgIpc) is 3.16. The summed E-state index contributed by atoms with van der Waals surface area (Å²) in [7, 11) is 0. The normalized spacial score (nSPS) is 11.6. The van der Waals surface area contributed by atoms with Crippen molar-refractivity contribution in [2.45, 2.75) is 11.8 Å². The number of para-hydroxylation sites is 2. The molecular formula is C23H17FN2O3S. The van der Waals surface area contributed by atoms with E-state index >= 15 is 0 Å². The number of nitrogens with one attached hydrogen (secondary N) is 1. The Labute approximate surface area is 176 Å². The van der Waals surface area contributed by atoms with Gasteiger partial charge in [0, 0.05) is 0 Å². The van der Waals surface area contributed by atoms with E-state index in [1.54, 1.807) is 42.5 Å². The zero-order valence-corrected chi connectivity index (χ0v) is 16.5. The number of H-pyrrole nitrogens is 1. The fraction of sp³-hybridized carbons (Fsp3) is 0.0435. The number of aromatic nitrogens is 2. The monoisotopic (exact) mass is 420 g/mol. The van der Waals surface area contributed by atoms with Gasteiger partial charge in [-0.15, -0.1) is 0 Å². The minimum atomic E-state index is -1.03. The number of aromatic amines is 1. The molecule has 0 aliphatic carbocycles. The number of rotatable bonds is 7. The van der Waals surface area contributed by atoms with Gasteiger partial charge in [0.05, 0.1) is 11.0 Å². The number of halogens is 1. The number of hydrogen-bond donors (Lipinski definition) is 2. The Bertz CT molecular complexity index is 1170. The number of ether oxygens (including phenoxy) is 1. The number of nitrogens with zero attached hydrogens (tertiary/aromatic N) is 1. The molecule has 1 aromatic heterocycles. The molecule has 0 aliphatic rings. The minimum Gasteiger partial charge on any atom is -0.489 e. The molecule has 4 rings (SSSR count). The largest absolute Gasteiger partial charge is 0.489 e. The number of fused-ring (bicyclic) bond motifs is 1. The molecule has 1 heterocycles. The molecule has 0 unspecified atom stereocenters. The molecule has 0 aliphatic heterocycles. The second kappa shape index (κ2) is 8.84. The topological polar surface area (TPSA) is 75.2 Å². The molecule has 0 saturated carbocycles. The maximum atomic E-state index is 13.0. The summed E-state index contributed by atoms with van der Waals surface area (Å²) in [6.45, 7) is 0.317. The smallest absolute Gasteiger partial charge is 0.342 e. The SMILES string of the molecule is O=C(O)/C(=C/c1ccc(OCc2ccc(F)cc2)cc1)Sc1nc2ccccc2[nH]1. The summed E-state index contributed by atoms with van der Waals surface area (Å²) < 4.78 is 18.6. The van der Waals surface area contributed by atoms with Gasteiger partial charge in [-0.25, -0.2) is 14.2 Å². The van der Waals surface area contributed by atoms with Gasteiger partial charge in [0.15, 0.2) is 5.16 Å². The van der Waals surface area contributed by atoms with Gasteiger partial charge in [-0.1, -0.05) is 36.4 Å². The second-order valence-corrected chi connectivity index (χ2v) is 7.49. The van der Waals surface area contributed by atoms with Crippen molar-refractivity contribution in [1.82, 2.24) is 9.97 Å². The summed E-state index contributed by atoms with van der Waals surface area (Å²) in [5.74, 6) is -0.681. The number of aliphatic carboxylic acids is 1. The van der Waals surface area contributed by atoms with Crippen LogP contribution in [0.4, 0.5) is 4.39 Å². The molecule has 0 fully saturated rings. The highest BCUT2D eigenvalue weighted by Gasteiger charge is 2.13. The van der Waals surface area contributed by atoms with Crippen LogP contribution in [-0.4, -0.2) is 21.0 Å². The fourth-order valence-corrected chi connectivity index (χ4v) is 3.57. The molecule has 4 aromatic rings. The van der Waals surface area contributed by atoms with Crippen LogP contribution in [0.3, 0.4) is 0 Å². The van der Waals surface area contributed by atoms with Crippen LogP contribution in [0.1, 0.15) is 11.1 Å². The molecule has 0 bridgehead atoms. The fourth-order valence-electron chi connectivity index (χ4n) is 2.78. The summed E-state index contributed by atoms with van der Waals surface area (Å²) in [4.78, 5) is 19.4. The second-order valence-electron chi connectivity index (χ2n) is 6.46. The molecule has 0 spiro atoms. The Hall–Kier alpha value is -3.58. The van der Waals surface area contributed by atoms with Crippen LogP contribution in [0.2, 0.25) is 0 Å². The number of benzene rings is 3. The summed E-state index contributed by atoms with van der Waals surface area (Å²) >= 11 is 1.06. The number of thioether (sulfide) groups is 1. The first-order chi connectivity index (χ1) is 14.6. The van der Waals surface area contributed by atoms with E-state index in [1.807, 2.05) is 24.3 Å². The highest BCUT2D eigenvalue weighted by atomic mass is 32.2. The highest BCUT2D eigenvalue weighted by Crippen LogP contribution is 2.28. The summed E-state index contributed by atoms with van der Waals surface area (Å²) in [5.41, 5.74) is 3.22. The van der Waals surface area contributed by atoms with Gasteiger partial charge in [-0.3, -0.25) is 0 Å². The van der Waals surface area contributed by atoms with Crippen molar-refractivity contribution in [3.8, 4) is 5.75 Å². The maximum absolute atomic E-state index is 13.0. The first-order valence-electron chi connectivity index (χ1n) is 9.12. The quantitative estimate of drug-likeness (QED) is 0.305. The third-order valence-corrected chi connectivity index (χ3v) is 5.18. The van der Waals surface area contributed by atoms with E-state index in [2.05, 4.69) is 9.97 Å². The van der Waals surface area contributed by atoms with Gasteiger partial charge in [0.2, 0.25) is 0 Å². The Morgan fingerprint density at radius 3 is 2.50 bits per heavy atom. The molecule has 7 heteroatoms. The summed E-state index contributed by atoms with van der Waals surface area (Å²) in [5, 5.41) is 10.1. The Balaban J connectivity index is 1.45. The first kappa shape index (κ1) is 19.7. The molecule has 0 atom stereocenters. The van der Waals surface area contributed by atoms with E-state index < -0.39 is 5.97 Å². The van der Waals surface area contributed by atoms with E-state index in [4.69, 9.17) is 4.74 Å². The summed E-state index contributed by atoms with van der Waals surface area (Å²) in [6, 6.07) is 20.7. The molecule has 30 heavy (non-hydrogen) atoms. The van der Waals surface area contributed by atoms with Crippen molar-refractivity contribution < 1.29 is 19.0 Å². The third kappa shape index (κ3) is 4.87. The predicted octanol–water partition coefficient (Wildman–Crippen LogP) is 5.50. The predicted molar refractivity (Wildman–Crippen MR) is 115 cm³/mol. The Kier molecular flexibility index (Phi) is 5.81. The Morgan fingerprint density at radius 1 is 1.07 bits per heavy atom. The number of carboxylic acids is 1. The Morgan fingerprint density at radius 2 is 1.80 bits per heavy atom. The third-order valence-electron chi connectivity index (χ3n) is 4.28. The van der Waals surface area contributed by atoms with Gasteiger partial charge in [0.1, 0.15) is 23.1 Å². The molecular weight excluding hydrogens is 403 g/mol. The van der Waals surface area contributed by atoms with Crippen molar-refractivity contribution in [3.63, 3.8) is 0 Å².